The molecule has 4 rings (SSSR count). The molecule has 8 nitrogen and oxygen atoms in total. The summed E-state index contributed by atoms with van der Waals surface area (Å²) in [6.07, 6.45) is 4.86. The van der Waals surface area contributed by atoms with Gasteiger partial charge < -0.3 is 15.4 Å². The summed E-state index contributed by atoms with van der Waals surface area (Å²) in [5.41, 5.74) is -0.101. The number of benzene rings is 2. The highest BCUT2D eigenvalue weighted by Crippen LogP contribution is 2.50. The molecule has 0 aromatic heterocycles. The Morgan fingerprint density at radius 2 is 1.91 bits per heavy atom. The maximum atomic E-state index is 14.8. The molecule has 1 heterocycles. The van der Waals surface area contributed by atoms with Crippen molar-refractivity contribution in [2.75, 3.05) is 11.6 Å². The van der Waals surface area contributed by atoms with E-state index in [0.717, 1.165) is 31.6 Å². The average Bonchev–Trinajstić information content (AvgIpc) is 2.70. The molecule has 32 heavy (non-hydrogen) atoms. The Morgan fingerprint density at radius 3 is 2.59 bits per heavy atom. The first-order valence-electron chi connectivity index (χ1n) is 10.0. The first kappa shape index (κ1) is 22.3. The number of hydrogen-bond donors (Lipinski definition) is 3. The van der Waals surface area contributed by atoms with Gasteiger partial charge in [-0.15, -0.1) is 0 Å². The Hall–Kier alpha value is -2.85. The lowest BCUT2D eigenvalue weighted by Gasteiger charge is -2.43. The summed E-state index contributed by atoms with van der Waals surface area (Å²) < 4.78 is 45.5. The molecular formula is C21H21ClFN3O5S. The number of halogens is 2. The second-order valence-corrected chi connectivity index (χ2v) is 10.1. The lowest BCUT2D eigenvalue weighted by molar-refractivity contribution is 0.0978. The molecule has 0 bridgehead atoms. The highest BCUT2D eigenvalue weighted by Gasteiger charge is 2.44. The van der Waals surface area contributed by atoms with Gasteiger partial charge in [0.05, 0.1) is 28.1 Å². The molecule has 0 unspecified atom stereocenters. The minimum atomic E-state index is -3.87. The van der Waals surface area contributed by atoms with E-state index in [1.54, 1.807) is 6.07 Å². The Balaban J connectivity index is 1.84. The Kier molecular flexibility index (Phi) is 5.76. The van der Waals surface area contributed by atoms with E-state index < -0.39 is 39.1 Å². The zero-order valence-electron chi connectivity index (χ0n) is 17.1. The molecule has 11 heteroatoms. The minimum absolute atomic E-state index is 0.206. The van der Waals surface area contributed by atoms with E-state index in [4.69, 9.17) is 16.3 Å². The summed E-state index contributed by atoms with van der Waals surface area (Å²) >= 11 is 6.37. The van der Waals surface area contributed by atoms with Crippen LogP contribution in [0.5, 0.6) is 11.5 Å². The third-order valence-corrected chi connectivity index (χ3v) is 6.47. The van der Waals surface area contributed by atoms with Gasteiger partial charge in [-0.05, 0) is 37.1 Å². The van der Waals surface area contributed by atoms with E-state index >= 15 is 0 Å². The molecule has 1 saturated carbocycles. The summed E-state index contributed by atoms with van der Waals surface area (Å²) in [6, 6.07) is 6.30. The molecule has 2 aromatic rings. The van der Waals surface area contributed by atoms with E-state index in [9.17, 15) is 22.4 Å². The van der Waals surface area contributed by atoms with Gasteiger partial charge in [0.1, 0.15) is 5.75 Å². The van der Waals surface area contributed by atoms with Crippen LogP contribution in [0, 0.1) is 5.82 Å². The maximum Gasteiger partial charge on any atom is 0.319 e. The monoisotopic (exact) mass is 481 g/mol. The fourth-order valence-electron chi connectivity index (χ4n) is 4.32. The van der Waals surface area contributed by atoms with Crippen LogP contribution >= 0.6 is 11.6 Å². The highest BCUT2D eigenvalue weighted by molar-refractivity contribution is 7.89. The SMILES string of the molecule is CS(=O)(=O)NC(=O)c1cccc(F)c1Oc1ccc(Cl)c2c1C1(CCCCC1)NC(=O)N2. The van der Waals surface area contributed by atoms with Crippen LogP contribution < -0.4 is 20.1 Å². The van der Waals surface area contributed by atoms with Crippen LogP contribution in [-0.4, -0.2) is 26.6 Å². The third kappa shape index (κ3) is 4.24. The lowest BCUT2D eigenvalue weighted by Crippen LogP contribution is -2.52. The van der Waals surface area contributed by atoms with E-state index in [1.165, 1.54) is 18.2 Å². The average molecular weight is 482 g/mol. The number of carbonyl (C=O) groups excluding carboxylic acids is 2. The van der Waals surface area contributed by atoms with E-state index in [-0.39, 0.29) is 11.3 Å². The van der Waals surface area contributed by atoms with Crippen molar-refractivity contribution in [2.45, 2.75) is 37.6 Å². The number of rotatable bonds is 4. The Labute approximate surface area is 189 Å². The van der Waals surface area contributed by atoms with Gasteiger partial charge in [0.15, 0.2) is 11.6 Å². The van der Waals surface area contributed by atoms with Gasteiger partial charge in [0, 0.05) is 5.56 Å². The summed E-state index contributed by atoms with van der Waals surface area (Å²) in [5.74, 6) is -2.10. The zero-order valence-corrected chi connectivity index (χ0v) is 18.7. The molecule has 2 aromatic carbocycles. The number of carbonyl (C=O) groups is 2. The number of para-hydroxylation sites is 1. The Bertz CT molecular complexity index is 1210. The van der Waals surface area contributed by atoms with Crippen LogP contribution in [0.1, 0.15) is 48.0 Å². The van der Waals surface area contributed by atoms with Gasteiger partial charge in [-0.1, -0.05) is 36.9 Å². The number of sulfonamides is 1. The van der Waals surface area contributed by atoms with Gasteiger partial charge >= 0.3 is 6.03 Å². The third-order valence-electron chi connectivity index (χ3n) is 5.59. The summed E-state index contributed by atoms with van der Waals surface area (Å²) in [6.45, 7) is 0. The topological polar surface area (TPSA) is 114 Å². The Morgan fingerprint density at radius 1 is 1.19 bits per heavy atom. The smallest absolute Gasteiger partial charge is 0.319 e. The van der Waals surface area contributed by atoms with Gasteiger partial charge in [0.25, 0.3) is 5.91 Å². The molecular weight excluding hydrogens is 461 g/mol. The van der Waals surface area contributed by atoms with Crippen molar-refractivity contribution in [3.63, 3.8) is 0 Å². The molecule has 3 N–H and O–H groups in total. The normalized spacial score (nSPS) is 17.2. The molecule has 1 spiro atoms. The van der Waals surface area contributed by atoms with E-state index in [2.05, 4.69) is 10.6 Å². The second-order valence-electron chi connectivity index (χ2n) is 7.94. The summed E-state index contributed by atoms with van der Waals surface area (Å²) in [4.78, 5) is 24.8. The first-order chi connectivity index (χ1) is 15.1. The standard InChI is InChI=1S/C21H21ClFN3O5S/c1-32(29,30)26-19(27)12-6-5-7-14(23)18(12)31-15-9-8-13(22)17-16(15)21(25-20(28)24-17)10-3-2-4-11-21/h5-9H,2-4,10-11H2,1H3,(H,26,27)(H2,24,25,28). The lowest BCUT2D eigenvalue weighted by atomic mass is 9.74. The number of nitrogens with one attached hydrogen (secondary N) is 3. The van der Waals surface area contributed by atoms with Crippen LogP contribution in [0.3, 0.4) is 0 Å². The predicted octanol–water partition coefficient (Wildman–Crippen LogP) is 4.26. The van der Waals surface area contributed by atoms with Gasteiger partial charge in [-0.3, -0.25) is 4.79 Å². The summed E-state index contributed by atoms with van der Waals surface area (Å²) in [5, 5.41) is 5.98. The van der Waals surface area contributed by atoms with Crippen molar-refractivity contribution < 1.29 is 27.1 Å². The fourth-order valence-corrected chi connectivity index (χ4v) is 4.97. The number of hydrogen-bond acceptors (Lipinski definition) is 5. The number of anilines is 1. The molecule has 1 fully saturated rings. The molecule has 0 radical (unpaired) electrons. The summed E-state index contributed by atoms with van der Waals surface area (Å²) in [7, 11) is -3.87. The maximum absolute atomic E-state index is 14.8. The van der Waals surface area contributed by atoms with Crippen molar-refractivity contribution in [1.82, 2.24) is 10.0 Å². The first-order valence-corrected chi connectivity index (χ1v) is 12.3. The van der Waals surface area contributed by atoms with E-state index in [1.807, 2.05) is 4.72 Å². The molecule has 3 amide bonds. The fraction of sp³-hybridized carbons (Fsp3) is 0.333. The van der Waals surface area contributed by atoms with Crippen LogP contribution in [0.4, 0.5) is 14.9 Å². The van der Waals surface area contributed by atoms with Gasteiger partial charge in [0.2, 0.25) is 10.0 Å². The second kappa shape index (κ2) is 8.25. The van der Waals surface area contributed by atoms with Gasteiger partial charge in [-0.2, -0.15) is 0 Å². The molecule has 1 aliphatic heterocycles. The quantitative estimate of drug-likeness (QED) is 0.604. The van der Waals surface area contributed by atoms with Crippen molar-refractivity contribution in [3.05, 3.63) is 52.3 Å². The number of amides is 3. The van der Waals surface area contributed by atoms with Crippen LogP contribution in [0.2, 0.25) is 5.02 Å². The number of fused-ring (bicyclic) bond motifs is 2. The minimum Gasteiger partial charge on any atom is -0.453 e. The van der Waals surface area contributed by atoms with Crippen LogP contribution in [0.15, 0.2) is 30.3 Å². The largest absolute Gasteiger partial charge is 0.453 e. The van der Waals surface area contributed by atoms with E-state index in [0.29, 0.717) is 29.1 Å². The van der Waals surface area contributed by atoms with Crippen molar-refractivity contribution >= 4 is 39.2 Å². The van der Waals surface area contributed by atoms with Crippen LogP contribution in [0.25, 0.3) is 0 Å². The molecule has 170 valence electrons. The molecule has 2 aliphatic rings. The zero-order chi connectivity index (χ0) is 23.1. The molecule has 0 atom stereocenters. The molecule has 1 aliphatic carbocycles. The van der Waals surface area contributed by atoms with Crippen molar-refractivity contribution in [3.8, 4) is 11.5 Å². The molecule has 0 saturated heterocycles. The van der Waals surface area contributed by atoms with Gasteiger partial charge in [-0.25, -0.2) is 22.3 Å². The van der Waals surface area contributed by atoms with Crippen LogP contribution in [-0.2, 0) is 15.6 Å². The predicted molar refractivity (Wildman–Crippen MR) is 117 cm³/mol. The van der Waals surface area contributed by atoms with Crippen molar-refractivity contribution in [2.24, 2.45) is 0 Å². The van der Waals surface area contributed by atoms with Crippen molar-refractivity contribution in [1.29, 1.82) is 0 Å². The number of urea groups is 1. The highest BCUT2D eigenvalue weighted by atomic mass is 35.5. The number of ether oxygens (including phenoxy) is 1.